The second-order valence-electron chi connectivity index (χ2n) is 3.29. The van der Waals surface area contributed by atoms with Crippen molar-refractivity contribution < 1.29 is 13.2 Å². The van der Waals surface area contributed by atoms with Crippen LogP contribution in [0.2, 0.25) is 0 Å². The average molecular weight is 221 g/mol. The van der Waals surface area contributed by atoms with Gasteiger partial charge >= 0.3 is 6.18 Å². The summed E-state index contributed by atoms with van der Waals surface area (Å²) in [5.74, 6) is 0. The Kier molecular flexibility index (Phi) is 3.73. The summed E-state index contributed by atoms with van der Waals surface area (Å²) in [4.78, 5) is 0. The number of rotatable bonds is 4. The standard InChI is InChI=1S/C9H14F3N3/c1-3-15-6-7(5-14-15)4-8(13-2)9(10,11)12/h5-6,8,13H,3-4H2,1-2H3. The Morgan fingerprint density at radius 2 is 2.20 bits per heavy atom. The van der Waals surface area contributed by atoms with E-state index in [9.17, 15) is 13.2 Å². The molecule has 0 aliphatic rings. The molecule has 0 spiro atoms. The molecule has 6 heteroatoms. The van der Waals surface area contributed by atoms with E-state index in [1.165, 1.54) is 13.2 Å². The number of likely N-dealkylation sites (N-methyl/N-ethyl adjacent to an activating group) is 1. The molecule has 0 aliphatic carbocycles. The minimum atomic E-state index is -4.22. The topological polar surface area (TPSA) is 29.9 Å². The van der Waals surface area contributed by atoms with Crippen molar-refractivity contribution in [2.24, 2.45) is 0 Å². The smallest absolute Gasteiger partial charge is 0.309 e. The van der Waals surface area contributed by atoms with Gasteiger partial charge in [0.15, 0.2) is 0 Å². The van der Waals surface area contributed by atoms with E-state index in [-0.39, 0.29) is 6.42 Å². The molecule has 1 aromatic rings. The number of hydrogen-bond donors (Lipinski definition) is 1. The fourth-order valence-electron chi connectivity index (χ4n) is 1.30. The lowest BCUT2D eigenvalue weighted by Crippen LogP contribution is -2.41. The molecule has 0 amide bonds. The maximum atomic E-state index is 12.4. The molecule has 1 aromatic heterocycles. The zero-order valence-electron chi connectivity index (χ0n) is 8.67. The first-order chi connectivity index (χ1) is 6.97. The third-order valence-corrected chi connectivity index (χ3v) is 2.19. The number of aryl methyl sites for hydroxylation is 1. The summed E-state index contributed by atoms with van der Waals surface area (Å²) in [6.07, 6.45) is -1.20. The minimum absolute atomic E-state index is 0.0833. The van der Waals surface area contributed by atoms with Gasteiger partial charge in [-0.1, -0.05) is 0 Å². The number of alkyl halides is 3. The molecule has 3 nitrogen and oxygen atoms in total. The van der Waals surface area contributed by atoms with E-state index in [1.807, 2.05) is 6.92 Å². The van der Waals surface area contributed by atoms with Crippen LogP contribution >= 0.6 is 0 Å². The predicted molar refractivity (Wildman–Crippen MR) is 50.5 cm³/mol. The Bertz CT molecular complexity index is 306. The van der Waals surface area contributed by atoms with Gasteiger partial charge in [-0.25, -0.2) is 0 Å². The maximum absolute atomic E-state index is 12.4. The summed E-state index contributed by atoms with van der Waals surface area (Å²) in [6.45, 7) is 2.55. The highest BCUT2D eigenvalue weighted by molar-refractivity contribution is 5.07. The third kappa shape index (κ3) is 3.23. The zero-order valence-corrected chi connectivity index (χ0v) is 8.67. The second kappa shape index (κ2) is 4.65. The van der Waals surface area contributed by atoms with Gasteiger partial charge in [0.25, 0.3) is 0 Å². The monoisotopic (exact) mass is 221 g/mol. The number of aromatic nitrogens is 2. The molecule has 1 atom stereocenters. The molecule has 15 heavy (non-hydrogen) atoms. The van der Waals surface area contributed by atoms with Crippen LogP contribution in [0.15, 0.2) is 12.4 Å². The van der Waals surface area contributed by atoms with E-state index in [1.54, 1.807) is 10.9 Å². The van der Waals surface area contributed by atoms with Crippen LogP contribution in [0.25, 0.3) is 0 Å². The number of nitrogens with one attached hydrogen (secondary N) is 1. The molecule has 0 bridgehead atoms. The van der Waals surface area contributed by atoms with Crippen molar-refractivity contribution in [2.75, 3.05) is 7.05 Å². The van der Waals surface area contributed by atoms with Crippen LogP contribution in [0.1, 0.15) is 12.5 Å². The molecule has 0 saturated carbocycles. The summed E-state index contributed by atoms with van der Waals surface area (Å²) in [5.41, 5.74) is 0.591. The van der Waals surface area contributed by atoms with E-state index in [0.717, 1.165) is 0 Å². The van der Waals surface area contributed by atoms with Gasteiger partial charge < -0.3 is 5.32 Å². The van der Waals surface area contributed by atoms with Gasteiger partial charge in [-0.3, -0.25) is 4.68 Å². The summed E-state index contributed by atoms with van der Waals surface area (Å²) >= 11 is 0. The molecule has 0 radical (unpaired) electrons. The Balaban J connectivity index is 2.67. The Labute approximate surface area is 86.3 Å². The Hall–Kier alpha value is -1.04. The van der Waals surface area contributed by atoms with Gasteiger partial charge in [-0.05, 0) is 26.0 Å². The first kappa shape index (κ1) is 12.0. The highest BCUT2D eigenvalue weighted by atomic mass is 19.4. The van der Waals surface area contributed by atoms with Crippen LogP contribution in [-0.2, 0) is 13.0 Å². The summed E-state index contributed by atoms with van der Waals surface area (Å²) in [7, 11) is 1.31. The zero-order chi connectivity index (χ0) is 11.5. The number of halogens is 3. The van der Waals surface area contributed by atoms with Crippen LogP contribution in [0, 0.1) is 0 Å². The van der Waals surface area contributed by atoms with Gasteiger partial charge in [0.1, 0.15) is 6.04 Å². The fourth-order valence-corrected chi connectivity index (χ4v) is 1.30. The average Bonchev–Trinajstić information content (AvgIpc) is 2.59. The van der Waals surface area contributed by atoms with Crippen molar-refractivity contribution in [3.8, 4) is 0 Å². The number of hydrogen-bond acceptors (Lipinski definition) is 2. The van der Waals surface area contributed by atoms with E-state index < -0.39 is 12.2 Å². The Morgan fingerprint density at radius 1 is 1.53 bits per heavy atom. The van der Waals surface area contributed by atoms with Gasteiger partial charge in [0.05, 0.1) is 6.20 Å². The number of nitrogens with zero attached hydrogens (tertiary/aromatic N) is 2. The minimum Gasteiger partial charge on any atom is -0.309 e. The van der Waals surface area contributed by atoms with Crippen molar-refractivity contribution in [1.82, 2.24) is 15.1 Å². The highest BCUT2D eigenvalue weighted by Crippen LogP contribution is 2.22. The quantitative estimate of drug-likeness (QED) is 0.836. The van der Waals surface area contributed by atoms with Gasteiger partial charge in [0.2, 0.25) is 0 Å². The molecule has 1 rings (SSSR count). The molecule has 0 aromatic carbocycles. The lowest BCUT2D eigenvalue weighted by Gasteiger charge is -2.18. The predicted octanol–water partition coefficient (Wildman–Crippen LogP) is 1.60. The molecule has 1 unspecified atom stereocenters. The lowest BCUT2D eigenvalue weighted by molar-refractivity contribution is -0.154. The first-order valence-electron chi connectivity index (χ1n) is 4.72. The first-order valence-corrected chi connectivity index (χ1v) is 4.72. The van der Waals surface area contributed by atoms with Crippen LogP contribution < -0.4 is 5.32 Å². The molecule has 1 heterocycles. The lowest BCUT2D eigenvalue weighted by atomic mass is 10.1. The van der Waals surface area contributed by atoms with E-state index >= 15 is 0 Å². The summed E-state index contributed by atoms with van der Waals surface area (Å²) < 4.78 is 38.8. The normalized spacial score (nSPS) is 14.2. The van der Waals surface area contributed by atoms with Crippen LogP contribution in [0.5, 0.6) is 0 Å². The van der Waals surface area contributed by atoms with E-state index in [2.05, 4.69) is 10.4 Å². The molecular weight excluding hydrogens is 207 g/mol. The van der Waals surface area contributed by atoms with Gasteiger partial charge in [0, 0.05) is 12.7 Å². The molecule has 0 saturated heterocycles. The van der Waals surface area contributed by atoms with E-state index in [0.29, 0.717) is 12.1 Å². The third-order valence-electron chi connectivity index (χ3n) is 2.19. The van der Waals surface area contributed by atoms with Gasteiger partial charge in [-0.15, -0.1) is 0 Å². The van der Waals surface area contributed by atoms with Crippen molar-refractivity contribution >= 4 is 0 Å². The summed E-state index contributed by atoms with van der Waals surface area (Å²) in [6, 6.07) is -1.51. The molecule has 1 N–H and O–H groups in total. The van der Waals surface area contributed by atoms with Crippen LogP contribution in [0.3, 0.4) is 0 Å². The second-order valence-corrected chi connectivity index (χ2v) is 3.29. The van der Waals surface area contributed by atoms with Gasteiger partial charge in [-0.2, -0.15) is 18.3 Å². The Morgan fingerprint density at radius 3 is 2.60 bits per heavy atom. The molecule has 86 valence electrons. The molecule has 0 aliphatic heterocycles. The SMILES string of the molecule is CCn1cc(CC(NC)C(F)(F)F)cn1. The highest BCUT2D eigenvalue weighted by Gasteiger charge is 2.38. The van der Waals surface area contributed by atoms with Crippen molar-refractivity contribution in [3.63, 3.8) is 0 Å². The fraction of sp³-hybridized carbons (Fsp3) is 0.667. The molecule has 0 fully saturated rings. The van der Waals surface area contributed by atoms with Crippen LogP contribution in [0.4, 0.5) is 13.2 Å². The van der Waals surface area contributed by atoms with E-state index in [4.69, 9.17) is 0 Å². The maximum Gasteiger partial charge on any atom is 0.404 e. The largest absolute Gasteiger partial charge is 0.404 e. The van der Waals surface area contributed by atoms with Crippen LogP contribution in [-0.4, -0.2) is 29.0 Å². The summed E-state index contributed by atoms with van der Waals surface area (Å²) in [5, 5.41) is 6.18. The van der Waals surface area contributed by atoms with Crippen molar-refractivity contribution in [1.29, 1.82) is 0 Å². The van der Waals surface area contributed by atoms with Crippen molar-refractivity contribution in [3.05, 3.63) is 18.0 Å². The molecular formula is C9H14F3N3. The van der Waals surface area contributed by atoms with Crippen molar-refractivity contribution in [2.45, 2.75) is 32.1 Å².